The summed E-state index contributed by atoms with van der Waals surface area (Å²) in [5, 5.41) is 9.07. The van der Waals surface area contributed by atoms with E-state index < -0.39 is 0 Å². The molecule has 1 aliphatic rings. The smallest absolute Gasteiger partial charge is 0.251 e. The Hall–Kier alpha value is -3.28. The zero-order chi connectivity index (χ0) is 27.1. The Balaban J connectivity index is 1.11. The zero-order valence-electron chi connectivity index (χ0n) is 23.1. The van der Waals surface area contributed by atoms with Gasteiger partial charge in [-0.1, -0.05) is 56.3 Å². The summed E-state index contributed by atoms with van der Waals surface area (Å²) in [5.74, 6) is 1.01. The minimum Gasteiger partial charge on any atom is -0.371 e. The van der Waals surface area contributed by atoms with Gasteiger partial charge < -0.3 is 15.5 Å². The molecule has 0 spiro atoms. The number of thioether (sulfide) groups is 1. The zero-order valence-corrected chi connectivity index (χ0v) is 23.9. The van der Waals surface area contributed by atoms with Gasteiger partial charge in [0.15, 0.2) is 0 Å². The van der Waals surface area contributed by atoms with Crippen LogP contribution in [-0.4, -0.2) is 31.3 Å². The van der Waals surface area contributed by atoms with E-state index in [0.29, 0.717) is 17.5 Å². The Kier molecular flexibility index (Phi) is 8.90. The van der Waals surface area contributed by atoms with Crippen LogP contribution < -0.4 is 15.5 Å². The lowest BCUT2D eigenvalue weighted by Gasteiger charge is -2.38. The highest BCUT2D eigenvalue weighted by Crippen LogP contribution is 2.32. The van der Waals surface area contributed by atoms with Gasteiger partial charge in [0, 0.05) is 54.6 Å². The molecule has 202 valence electrons. The third-order valence-corrected chi connectivity index (χ3v) is 8.67. The molecule has 2 N–H and O–H groups in total. The normalized spacial score (nSPS) is 14.9. The molecule has 0 unspecified atom stereocenters. The van der Waals surface area contributed by atoms with E-state index in [1.54, 1.807) is 0 Å². The summed E-state index contributed by atoms with van der Waals surface area (Å²) in [5.41, 5.74) is 4.71. The minimum absolute atomic E-state index is 0.0345. The van der Waals surface area contributed by atoms with E-state index in [-0.39, 0.29) is 5.91 Å². The molecule has 39 heavy (non-hydrogen) atoms. The van der Waals surface area contributed by atoms with Crippen molar-refractivity contribution in [1.29, 1.82) is 0 Å². The van der Waals surface area contributed by atoms with Crippen LogP contribution in [0.3, 0.4) is 0 Å². The summed E-state index contributed by atoms with van der Waals surface area (Å²) < 4.78 is 0. The highest BCUT2D eigenvalue weighted by atomic mass is 32.2. The first-order valence-electron chi connectivity index (χ1n) is 14.0. The van der Waals surface area contributed by atoms with Crippen molar-refractivity contribution < 1.29 is 4.79 Å². The van der Waals surface area contributed by atoms with E-state index in [1.807, 2.05) is 23.9 Å². The van der Waals surface area contributed by atoms with Gasteiger partial charge in [0.1, 0.15) is 0 Å². The molecule has 1 aliphatic heterocycles. The number of anilines is 1. The number of hydrogen-bond donors (Lipinski definition) is 2. The Morgan fingerprint density at radius 2 is 1.49 bits per heavy atom. The Morgan fingerprint density at radius 3 is 2.18 bits per heavy atom. The van der Waals surface area contributed by atoms with E-state index in [4.69, 9.17) is 0 Å². The van der Waals surface area contributed by atoms with Gasteiger partial charge in [-0.2, -0.15) is 0 Å². The highest BCUT2D eigenvalue weighted by molar-refractivity contribution is 7.99. The van der Waals surface area contributed by atoms with Gasteiger partial charge in [-0.3, -0.25) is 4.79 Å². The Labute approximate surface area is 237 Å². The molecular weight excluding hydrogens is 498 g/mol. The van der Waals surface area contributed by atoms with Crippen molar-refractivity contribution in [2.24, 2.45) is 5.41 Å². The van der Waals surface area contributed by atoms with Crippen molar-refractivity contribution in [1.82, 2.24) is 10.6 Å². The fourth-order valence-corrected chi connectivity index (χ4v) is 5.87. The molecular formula is C34H39N3OS. The topological polar surface area (TPSA) is 44.4 Å². The molecule has 1 fully saturated rings. The van der Waals surface area contributed by atoms with Crippen molar-refractivity contribution >= 4 is 34.1 Å². The minimum atomic E-state index is -0.0345. The second-order valence-corrected chi connectivity index (χ2v) is 12.4. The molecule has 4 nitrogen and oxygen atoms in total. The number of fused-ring (bicyclic) bond motifs is 1. The molecule has 5 rings (SSSR count). The van der Waals surface area contributed by atoms with Crippen LogP contribution in [0.25, 0.3) is 10.8 Å². The lowest BCUT2D eigenvalue weighted by Crippen LogP contribution is -2.37. The highest BCUT2D eigenvalue weighted by Gasteiger charge is 2.25. The predicted octanol–water partition coefficient (Wildman–Crippen LogP) is 7.28. The van der Waals surface area contributed by atoms with Gasteiger partial charge in [-0.25, -0.2) is 0 Å². The van der Waals surface area contributed by atoms with Crippen LogP contribution in [0.15, 0.2) is 95.9 Å². The van der Waals surface area contributed by atoms with Crippen LogP contribution in [0.5, 0.6) is 0 Å². The molecule has 4 aromatic carbocycles. The largest absolute Gasteiger partial charge is 0.371 e. The van der Waals surface area contributed by atoms with E-state index in [9.17, 15) is 4.79 Å². The molecule has 0 saturated carbocycles. The second-order valence-electron chi connectivity index (χ2n) is 11.2. The molecule has 0 radical (unpaired) electrons. The number of hydrogen-bond acceptors (Lipinski definition) is 4. The van der Waals surface area contributed by atoms with Crippen LogP contribution in [0, 0.1) is 5.41 Å². The first kappa shape index (κ1) is 27.3. The number of nitrogens with zero attached hydrogens (tertiary/aromatic N) is 1. The van der Waals surface area contributed by atoms with Crippen molar-refractivity contribution in [3.05, 3.63) is 108 Å². The van der Waals surface area contributed by atoms with Crippen molar-refractivity contribution in [3.8, 4) is 0 Å². The van der Waals surface area contributed by atoms with E-state index >= 15 is 0 Å². The maximum Gasteiger partial charge on any atom is 0.251 e. The van der Waals surface area contributed by atoms with Gasteiger partial charge >= 0.3 is 0 Å². The number of benzene rings is 4. The number of carbonyl (C=O) groups excluding carboxylic acids is 1. The molecule has 0 bridgehead atoms. The van der Waals surface area contributed by atoms with Crippen molar-refractivity contribution in [2.75, 3.05) is 30.3 Å². The number of carbonyl (C=O) groups is 1. The molecule has 4 aromatic rings. The van der Waals surface area contributed by atoms with E-state index in [2.05, 4.69) is 108 Å². The summed E-state index contributed by atoms with van der Waals surface area (Å²) in [4.78, 5) is 16.6. The summed E-state index contributed by atoms with van der Waals surface area (Å²) >= 11 is 1.87. The number of amides is 1. The Bertz CT molecular complexity index is 1370. The predicted molar refractivity (Wildman–Crippen MR) is 166 cm³/mol. The number of nitrogens with one attached hydrogen (secondary N) is 2. The van der Waals surface area contributed by atoms with Gasteiger partial charge in [0.25, 0.3) is 5.91 Å². The van der Waals surface area contributed by atoms with Crippen LogP contribution in [-0.2, 0) is 13.1 Å². The van der Waals surface area contributed by atoms with E-state index in [1.165, 1.54) is 39.8 Å². The first-order chi connectivity index (χ1) is 18.9. The molecule has 1 saturated heterocycles. The van der Waals surface area contributed by atoms with E-state index in [0.717, 1.165) is 37.5 Å². The van der Waals surface area contributed by atoms with Gasteiger partial charge in [-0.05, 0) is 88.7 Å². The molecule has 0 aliphatic carbocycles. The fourth-order valence-electron chi connectivity index (χ4n) is 5.03. The van der Waals surface area contributed by atoms with Crippen molar-refractivity contribution in [3.63, 3.8) is 0 Å². The number of rotatable bonds is 10. The Morgan fingerprint density at radius 1 is 0.821 bits per heavy atom. The molecule has 0 aromatic heterocycles. The number of piperidine rings is 1. The quantitative estimate of drug-likeness (QED) is 0.165. The molecule has 5 heteroatoms. The average molecular weight is 538 g/mol. The van der Waals surface area contributed by atoms with Crippen LogP contribution >= 0.6 is 11.8 Å². The van der Waals surface area contributed by atoms with Gasteiger partial charge in [0.05, 0.1) is 0 Å². The third kappa shape index (κ3) is 7.65. The molecule has 0 atom stereocenters. The van der Waals surface area contributed by atoms with Crippen molar-refractivity contribution in [2.45, 2.75) is 44.7 Å². The SMILES string of the molecule is CC1(C)CCN(c2ccc(C(=O)NCc3ccc4ccc(CNCCSc5ccccc5)cc4c3)cc2)CC1. The lowest BCUT2D eigenvalue weighted by molar-refractivity contribution is 0.0951. The molecule has 1 heterocycles. The van der Waals surface area contributed by atoms with Crippen LogP contribution in [0.1, 0.15) is 48.2 Å². The summed E-state index contributed by atoms with van der Waals surface area (Å²) in [6, 6.07) is 31.6. The van der Waals surface area contributed by atoms with Crippen LogP contribution in [0.4, 0.5) is 5.69 Å². The molecule has 1 amide bonds. The summed E-state index contributed by atoms with van der Waals surface area (Å²) in [6.45, 7) is 9.16. The van der Waals surface area contributed by atoms with Gasteiger partial charge in [-0.15, -0.1) is 11.8 Å². The maximum absolute atomic E-state index is 12.8. The summed E-state index contributed by atoms with van der Waals surface area (Å²) in [7, 11) is 0. The first-order valence-corrected chi connectivity index (χ1v) is 15.0. The third-order valence-electron chi connectivity index (χ3n) is 7.65. The summed E-state index contributed by atoms with van der Waals surface area (Å²) in [6.07, 6.45) is 2.40. The lowest BCUT2D eigenvalue weighted by atomic mass is 9.82. The van der Waals surface area contributed by atoms with Gasteiger partial charge in [0.2, 0.25) is 0 Å². The van der Waals surface area contributed by atoms with Crippen LogP contribution in [0.2, 0.25) is 0 Å². The maximum atomic E-state index is 12.8. The second kappa shape index (κ2) is 12.7. The average Bonchev–Trinajstić information content (AvgIpc) is 2.96. The standard InChI is InChI=1S/C34H39N3OS/c1-34(2)16-19-37(20-17-34)31-14-12-29(13-15-31)33(38)36-25-27-9-11-28-10-8-26(22-30(28)23-27)24-35-18-21-39-32-6-4-3-5-7-32/h3-15,22-23,35H,16-21,24-25H2,1-2H3,(H,36,38). The monoisotopic (exact) mass is 537 g/mol. The fraction of sp³-hybridized carbons (Fsp3) is 0.324.